The summed E-state index contributed by atoms with van der Waals surface area (Å²) in [5.41, 5.74) is 3.73. The van der Waals surface area contributed by atoms with Gasteiger partial charge in [-0.15, -0.1) is 0 Å². The molecule has 0 aromatic heterocycles. The first-order valence-electron chi connectivity index (χ1n) is 15.7. The van der Waals surface area contributed by atoms with E-state index in [1.807, 2.05) is 0 Å². The first-order valence-corrected chi connectivity index (χ1v) is 15.7. The van der Waals surface area contributed by atoms with Gasteiger partial charge < -0.3 is 9.47 Å². The second-order valence-corrected chi connectivity index (χ2v) is 11.4. The first kappa shape index (κ1) is 31.2. The molecule has 0 saturated heterocycles. The van der Waals surface area contributed by atoms with Crippen molar-refractivity contribution in [3.8, 4) is 16.9 Å². The highest BCUT2D eigenvalue weighted by Crippen LogP contribution is 2.37. The van der Waals surface area contributed by atoms with Gasteiger partial charge in [0.15, 0.2) is 0 Å². The predicted octanol–water partition coefficient (Wildman–Crippen LogP) is 10.2. The Morgan fingerprint density at radius 2 is 1.33 bits per heavy atom. The summed E-state index contributed by atoms with van der Waals surface area (Å²) in [6, 6.07) is 17.3. The lowest BCUT2D eigenvalue weighted by molar-refractivity contribution is -0.151. The van der Waals surface area contributed by atoms with Gasteiger partial charge in [0.05, 0.1) is 12.5 Å². The molecule has 0 spiro atoms. The Bertz CT molecular complexity index is 916. The van der Waals surface area contributed by atoms with E-state index in [9.17, 15) is 9.18 Å². The van der Waals surface area contributed by atoms with Crippen molar-refractivity contribution in [2.24, 2.45) is 5.92 Å². The Hall–Kier alpha value is -2.36. The third kappa shape index (κ3) is 11.3. The summed E-state index contributed by atoms with van der Waals surface area (Å²) in [4.78, 5) is 12.5. The standard InChI is InChI=1S/C35H51FO3/c1-3-5-7-9-10-12-26-38-34-24-22-31(23-25-34)29-16-14-28(15-17-29)30-18-20-32(21-19-30)35(37)39-27-33(36)13-11-8-6-4-2/h14-17,22-25,30,32-33H,3-13,18-21,26-27H2,1-2H3. The molecule has 1 aliphatic carbocycles. The highest BCUT2D eigenvalue weighted by Gasteiger charge is 2.28. The molecule has 0 heterocycles. The van der Waals surface area contributed by atoms with Crippen LogP contribution >= 0.6 is 0 Å². The summed E-state index contributed by atoms with van der Waals surface area (Å²) < 4.78 is 25.3. The summed E-state index contributed by atoms with van der Waals surface area (Å²) in [5.74, 6) is 1.11. The molecule has 4 heteroatoms. The van der Waals surface area contributed by atoms with Crippen molar-refractivity contribution in [3.05, 3.63) is 54.1 Å². The van der Waals surface area contributed by atoms with Crippen molar-refractivity contribution in [2.45, 2.75) is 122 Å². The molecule has 0 amide bonds. The van der Waals surface area contributed by atoms with Gasteiger partial charge in [-0.2, -0.15) is 0 Å². The van der Waals surface area contributed by atoms with Gasteiger partial charge >= 0.3 is 5.97 Å². The first-order chi connectivity index (χ1) is 19.1. The highest BCUT2D eigenvalue weighted by molar-refractivity contribution is 5.72. The van der Waals surface area contributed by atoms with Gasteiger partial charge in [-0.1, -0.05) is 108 Å². The second-order valence-electron chi connectivity index (χ2n) is 11.4. The minimum atomic E-state index is -1.03. The smallest absolute Gasteiger partial charge is 0.309 e. The van der Waals surface area contributed by atoms with Crippen LogP contribution in [0.3, 0.4) is 0 Å². The van der Waals surface area contributed by atoms with Crippen LogP contribution in [0.1, 0.15) is 122 Å². The van der Waals surface area contributed by atoms with Crippen molar-refractivity contribution >= 4 is 5.97 Å². The fourth-order valence-corrected chi connectivity index (χ4v) is 5.59. The van der Waals surface area contributed by atoms with Crippen molar-refractivity contribution in [2.75, 3.05) is 13.2 Å². The Balaban J connectivity index is 1.36. The SMILES string of the molecule is CCCCCCCCOc1ccc(-c2ccc(C3CCC(C(=O)OCC(F)CCCCCC)CC3)cc2)cc1. The molecule has 2 aromatic carbocycles. The van der Waals surface area contributed by atoms with Crippen LogP contribution in [0, 0.1) is 5.92 Å². The summed E-state index contributed by atoms with van der Waals surface area (Å²) in [6.07, 6.45) is 14.9. The number of alkyl halides is 1. The number of rotatable bonds is 18. The van der Waals surface area contributed by atoms with E-state index < -0.39 is 6.17 Å². The molecule has 0 aliphatic heterocycles. The van der Waals surface area contributed by atoms with Crippen LogP contribution in [-0.2, 0) is 9.53 Å². The Morgan fingerprint density at radius 3 is 1.97 bits per heavy atom. The minimum Gasteiger partial charge on any atom is -0.494 e. The molecule has 1 unspecified atom stereocenters. The van der Waals surface area contributed by atoms with Crippen molar-refractivity contribution in [3.63, 3.8) is 0 Å². The van der Waals surface area contributed by atoms with E-state index >= 15 is 0 Å². The maximum atomic E-state index is 14.0. The molecule has 3 rings (SSSR count). The van der Waals surface area contributed by atoms with E-state index in [1.54, 1.807) is 0 Å². The molecule has 0 N–H and O–H groups in total. The largest absolute Gasteiger partial charge is 0.494 e. The van der Waals surface area contributed by atoms with Crippen LogP contribution in [0.5, 0.6) is 5.75 Å². The lowest BCUT2D eigenvalue weighted by Gasteiger charge is -2.28. The maximum Gasteiger partial charge on any atom is 0.309 e. The topological polar surface area (TPSA) is 35.5 Å². The van der Waals surface area contributed by atoms with Gasteiger partial charge in [-0.25, -0.2) is 4.39 Å². The lowest BCUT2D eigenvalue weighted by atomic mass is 9.78. The average Bonchev–Trinajstić information content (AvgIpc) is 2.98. The lowest BCUT2D eigenvalue weighted by Crippen LogP contribution is -2.25. The Labute approximate surface area is 236 Å². The molecular formula is C35H51FO3. The van der Waals surface area contributed by atoms with Crippen molar-refractivity contribution in [1.82, 2.24) is 0 Å². The van der Waals surface area contributed by atoms with E-state index in [1.165, 1.54) is 48.8 Å². The number of hydrogen-bond donors (Lipinski definition) is 0. The number of carbonyl (C=O) groups is 1. The van der Waals surface area contributed by atoms with E-state index in [0.717, 1.165) is 70.1 Å². The number of esters is 1. The molecule has 39 heavy (non-hydrogen) atoms. The summed E-state index contributed by atoms with van der Waals surface area (Å²) in [6.45, 7) is 5.09. The Kier molecular flexibility index (Phi) is 14.4. The monoisotopic (exact) mass is 538 g/mol. The maximum absolute atomic E-state index is 14.0. The third-order valence-electron chi connectivity index (χ3n) is 8.17. The van der Waals surface area contributed by atoms with Gasteiger partial charge in [0, 0.05) is 0 Å². The quantitative estimate of drug-likeness (QED) is 0.140. The van der Waals surface area contributed by atoms with Crippen LogP contribution in [0.15, 0.2) is 48.5 Å². The summed E-state index contributed by atoms with van der Waals surface area (Å²) in [7, 11) is 0. The van der Waals surface area contributed by atoms with E-state index in [0.29, 0.717) is 12.3 Å². The van der Waals surface area contributed by atoms with Gasteiger partial charge in [-0.3, -0.25) is 4.79 Å². The number of carbonyl (C=O) groups excluding carboxylic acids is 1. The number of halogens is 1. The predicted molar refractivity (Wildman–Crippen MR) is 160 cm³/mol. The molecule has 3 nitrogen and oxygen atoms in total. The zero-order valence-corrected chi connectivity index (χ0v) is 24.5. The fourth-order valence-electron chi connectivity index (χ4n) is 5.59. The van der Waals surface area contributed by atoms with Gasteiger partial charge in [0.2, 0.25) is 0 Å². The van der Waals surface area contributed by atoms with Gasteiger partial charge in [0.1, 0.15) is 18.5 Å². The van der Waals surface area contributed by atoms with Crippen LogP contribution in [0.2, 0.25) is 0 Å². The van der Waals surface area contributed by atoms with Gasteiger partial charge in [0.25, 0.3) is 0 Å². The summed E-state index contributed by atoms with van der Waals surface area (Å²) in [5, 5.41) is 0. The van der Waals surface area contributed by atoms with E-state index in [-0.39, 0.29) is 18.5 Å². The molecule has 216 valence electrons. The highest BCUT2D eigenvalue weighted by atomic mass is 19.1. The van der Waals surface area contributed by atoms with Crippen molar-refractivity contribution in [1.29, 1.82) is 0 Å². The molecule has 1 saturated carbocycles. The second kappa shape index (κ2) is 18.1. The van der Waals surface area contributed by atoms with Crippen LogP contribution in [-0.4, -0.2) is 25.4 Å². The van der Waals surface area contributed by atoms with Crippen molar-refractivity contribution < 1.29 is 18.7 Å². The van der Waals surface area contributed by atoms with E-state index in [2.05, 4.69) is 62.4 Å². The molecule has 2 aromatic rings. The van der Waals surface area contributed by atoms with Gasteiger partial charge in [-0.05, 0) is 73.3 Å². The van der Waals surface area contributed by atoms with Crippen LogP contribution in [0.25, 0.3) is 11.1 Å². The number of benzene rings is 2. The van der Waals surface area contributed by atoms with Crippen LogP contribution < -0.4 is 4.74 Å². The zero-order valence-electron chi connectivity index (χ0n) is 24.5. The molecule has 1 fully saturated rings. The molecular weight excluding hydrogens is 487 g/mol. The normalized spacial score (nSPS) is 18.0. The van der Waals surface area contributed by atoms with Crippen LogP contribution in [0.4, 0.5) is 4.39 Å². The fraction of sp³-hybridized carbons (Fsp3) is 0.629. The number of ether oxygens (including phenoxy) is 2. The molecule has 1 atom stereocenters. The average molecular weight is 539 g/mol. The molecule has 0 bridgehead atoms. The Morgan fingerprint density at radius 1 is 0.769 bits per heavy atom. The molecule has 1 aliphatic rings. The third-order valence-corrected chi connectivity index (χ3v) is 8.17. The molecule has 0 radical (unpaired) electrons. The summed E-state index contributed by atoms with van der Waals surface area (Å²) >= 11 is 0. The number of unbranched alkanes of at least 4 members (excludes halogenated alkanes) is 8. The zero-order chi connectivity index (χ0) is 27.7. The number of hydrogen-bond acceptors (Lipinski definition) is 3. The van der Waals surface area contributed by atoms with E-state index in [4.69, 9.17) is 9.47 Å². The minimum absolute atomic E-state index is 0.0847.